The second-order valence-corrected chi connectivity index (χ2v) is 4.93. The van der Waals surface area contributed by atoms with E-state index < -0.39 is 0 Å². The molecule has 1 aromatic rings. The maximum absolute atomic E-state index is 6.17. The Balaban J connectivity index is 2.22. The van der Waals surface area contributed by atoms with Crippen LogP contribution in [-0.4, -0.2) is 24.1 Å². The number of nitrogens with zero attached hydrogens (tertiary/aromatic N) is 2. The molecule has 0 bridgehead atoms. The fourth-order valence-electron chi connectivity index (χ4n) is 2.34. The first-order valence-electron chi connectivity index (χ1n) is 5.79. The van der Waals surface area contributed by atoms with Crippen LogP contribution < -0.4 is 10.6 Å². The molecule has 2 rings (SSSR count). The summed E-state index contributed by atoms with van der Waals surface area (Å²) in [7, 11) is 0. The first kappa shape index (κ1) is 11.7. The molecule has 1 aliphatic rings. The zero-order valence-corrected chi connectivity index (χ0v) is 10.3. The van der Waals surface area contributed by atoms with Crippen LogP contribution in [0.3, 0.4) is 0 Å². The van der Waals surface area contributed by atoms with Crippen LogP contribution >= 0.6 is 11.6 Å². The van der Waals surface area contributed by atoms with Gasteiger partial charge in [-0.3, -0.25) is 0 Å². The average Bonchev–Trinajstić information content (AvgIpc) is 2.30. The van der Waals surface area contributed by atoms with Gasteiger partial charge in [-0.15, -0.1) is 0 Å². The van der Waals surface area contributed by atoms with Gasteiger partial charge in [-0.1, -0.05) is 18.5 Å². The summed E-state index contributed by atoms with van der Waals surface area (Å²) in [5.41, 5.74) is 5.83. The number of hydrogen-bond donors (Lipinski definition) is 1. The van der Waals surface area contributed by atoms with Gasteiger partial charge in [0, 0.05) is 25.3 Å². The van der Waals surface area contributed by atoms with E-state index in [1.54, 1.807) is 6.20 Å². The van der Waals surface area contributed by atoms with Gasteiger partial charge >= 0.3 is 0 Å². The molecule has 2 atom stereocenters. The van der Waals surface area contributed by atoms with E-state index in [0.717, 1.165) is 29.7 Å². The summed E-state index contributed by atoms with van der Waals surface area (Å²) >= 11 is 6.17. The van der Waals surface area contributed by atoms with Crippen molar-refractivity contribution >= 4 is 17.4 Å². The van der Waals surface area contributed by atoms with Crippen molar-refractivity contribution in [2.75, 3.05) is 18.0 Å². The van der Waals surface area contributed by atoms with Crippen molar-refractivity contribution in [2.45, 2.75) is 25.8 Å². The first-order chi connectivity index (χ1) is 7.72. The third-order valence-electron chi connectivity index (χ3n) is 3.26. The second-order valence-electron chi connectivity index (χ2n) is 4.52. The maximum Gasteiger partial charge on any atom is 0.147 e. The Hall–Kier alpha value is -0.800. The van der Waals surface area contributed by atoms with Crippen LogP contribution in [0, 0.1) is 5.92 Å². The zero-order valence-electron chi connectivity index (χ0n) is 9.56. The molecule has 0 radical (unpaired) electrons. The van der Waals surface area contributed by atoms with E-state index in [9.17, 15) is 0 Å². The Morgan fingerprint density at radius 3 is 3.12 bits per heavy atom. The topological polar surface area (TPSA) is 42.2 Å². The molecule has 3 nitrogen and oxygen atoms in total. The molecule has 1 aromatic heterocycles. The number of nitrogens with two attached hydrogens (primary N) is 1. The molecule has 1 aliphatic heterocycles. The van der Waals surface area contributed by atoms with Gasteiger partial charge in [0.25, 0.3) is 0 Å². The highest BCUT2D eigenvalue weighted by molar-refractivity contribution is 6.32. The molecular formula is C12H18ClN3. The monoisotopic (exact) mass is 239 g/mol. The number of anilines is 1. The lowest BCUT2D eigenvalue weighted by Gasteiger charge is -2.39. The Labute approximate surface area is 102 Å². The largest absolute Gasteiger partial charge is 0.351 e. The lowest BCUT2D eigenvalue weighted by molar-refractivity contribution is 0.365. The molecule has 0 saturated carbocycles. The van der Waals surface area contributed by atoms with Gasteiger partial charge in [0.1, 0.15) is 5.82 Å². The quantitative estimate of drug-likeness (QED) is 0.861. The highest BCUT2D eigenvalue weighted by Gasteiger charge is 2.27. The molecule has 2 heterocycles. The Bertz CT molecular complexity index is 356. The van der Waals surface area contributed by atoms with Crippen LogP contribution in [0.2, 0.25) is 5.02 Å². The molecule has 2 N–H and O–H groups in total. The second kappa shape index (κ2) is 5.02. The van der Waals surface area contributed by atoms with Crippen molar-refractivity contribution in [3.05, 3.63) is 23.4 Å². The molecule has 16 heavy (non-hydrogen) atoms. The minimum Gasteiger partial charge on any atom is -0.351 e. The van der Waals surface area contributed by atoms with Crippen LogP contribution in [0.4, 0.5) is 5.82 Å². The Morgan fingerprint density at radius 2 is 2.44 bits per heavy atom. The minimum absolute atomic E-state index is 0.371. The van der Waals surface area contributed by atoms with E-state index in [4.69, 9.17) is 17.3 Å². The van der Waals surface area contributed by atoms with Gasteiger partial charge < -0.3 is 10.6 Å². The SMILES string of the molecule is CC1CCN(c2ncccc2Cl)C(CN)C1. The van der Waals surface area contributed by atoms with E-state index in [0.29, 0.717) is 12.6 Å². The molecule has 88 valence electrons. The van der Waals surface area contributed by atoms with Gasteiger partial charge in [-0.05, 0) is 30.9 Å². The fourth-order valence-corrected chi connectivity index (χ4v) is 2.57. The summed E-state index contributed by atoms with van der Waals surface area (Å²) in [6.07, 6.45) is 4.10. The number of piperidine rings is 1. The van der Waals surface area contributed by atoms with Crippen molar-refractivity contribution < 1.29 is 0 Å². The summed E-state index contributed by atoms with van der Waals surface area (Å²) in [6, 6.07) is 4.11. The summed E-state index contributed by atoms with van der Waals surface area (Å²) in [5.74, 6) is 1.62. The van der Waals surface area contributed by atoms with Gasteiger partial charge in [0.15, 0.2) is 0 Å². The lowest BCUT2D eigenvalue weighted by Crippen LogP contribution is -2.46. The predicted octanol–water partition coefficient (Wildman–Crippen LogP) is 2.30. The zero-order chi connectivity index (χ0) is 11.5. The van der Waals surface area contributed by atoms with Crippen molar-refractivity contribution in [1.82, 2.24) is 4.98 Å². The van der Waals surface area contributed by atoms with Gasteiger partial charge in [-0.2, -0.15) is 0 Å². The number of halogens is 1. The standard InChI is InChI=1S/C12H18ClN3/c1-9-4-6-16(10(7-9)8-14)12-11(13)3-2-5-15-12/h2-3,5,9-10H,4,6-8,14H2,1H3. The third-order valence-corrected chi connectivity index (χ3v) is 3.56. The number of pyridine rings is 1. The average molecular weight is 240 g/mol. The molecule has 1 fully saturated rings. The molecule has 0 aliphatic carbocycles. The highest BCUT2D eigenvalue weighted by Crippen LogP contribution is 2.30. The van der Waals surface area contributed by atoms with Crippen LogP contribution in [0.5, 0.6) is 0 Å². The predicted molar refractivity (Wildman–Crippen MR) is 67.8 cm³/mol. The molecular weight excluding hydrogens is 222 g/mol. The van der Waals surface area contributed by atoms with E-state index in [2.05, 4.69) is 16.8 Å². The van der Waals surface area contributed by atoms with E-state index in [1.807, 2.05) is 12.1 Å². The number of rotatable bonds is 2. The van der Waals surface area contributed by atoms with Crippen LogP contribution in [0.15, 0.2) is 18.3 Å². The molecule has 0 aromatic carbocycles. The van der Waals surface area contributed by atoms with Crippen molar-refractivity contribution in [1.29, 1.82) is 0 Å². The Morgan fingerprint density at radius 1 is 1.62 bits per heavy atom. The van der Waals surface area contributed by atoms with E-state index in [-0.39, 0.29) is 0 Å². The maximum atomic E-state index is 6.17. The lowest BCUT2D eigenvalue weighted by atomic mass is 9.92. The van der Waals surface area contributed by atoms with E-state index in [1.165, 1.54) is 6.42 Å². The van der Waals surface area contributed by atoms with Crippen molar-refractivity contribution in [3.63, 3.8) is 0 Å². The van der Waals surface area contributed by atoms with Crippen molar-refractivity contribution in [3.8, 4) is 0 Å². The summed E-state index contributed by atoms with van der Waals surface area (Å²) in [6.45, 7) is 3.94. The van der Waals surface area contributed by atoms with Gasteiger partial charge in [0.05, 0.1) is 5.02 Å². The molecule has 0 amide bonds. The highest BCUT2D eigenvalue weighted by atomic mass is 35.5. The fraction of sp³-hybridized carbons (Fsp3) is 0.583. The summed E-state index contributed by atoms with van der Waals surface area (Å²) < 4.78 is 0. The third kappa shape index (κ3) is 2.30. The van der Waals surface area contributed by atoms with E-state index >= 15 is 0 Å². The van der Waals surface area contributed by atoms with Crippen LogP contribution in [0.25, 0.3) is 0 Å². The minimum atomic E-state index is 0.371. The number of aromatic nitrogens is 1. The summed E-state index contributed by atoms with van der Waals surface area (Å²) in [5, 5.41) is 0.718. The smallest absolute Gasteiger partial charge is 0.147 e. The Kier molecular flexibility index (Phi) is 3.66. The van der Waals surface area contributed by atoms with Gasteiger partial charge in [0.2, 0.25) is 0 Å². The van der Waals surface area contributed by atoms with Gasteiger partial charge in [-0.25, -0.2) is 4.98 Å². The normalized spacial score (nSPS) is 25.8. The molecule has 1 saturated heterocycles. The molecule has 4 heteroatoms. The van der Waals surface area contributed by atoms with Crippen LogP contribution in [-0.2, 0) is 0 Å². The van der Waals surface area contributed by atoms with Crippen LogP contribution in [0.1, 0.15) is 19.8 Å². The number of hydrogen-bond acceptors (Lipinski definition) is 3. The summed E-state index contributed by atoms with van der Waals surface area (Å²) in [4.78, 5) is 6.62. The first-order valence-corrected chi connectivity index (χ1v) is 6.17. The van der Waals surface area contributed by atoms with Crippen molar-refractivity contribution in [2.24, 2.45) is 11.7 Å². The molecule has 2 unspecified atom stereocenters. The molecule has 0 spiro atoms.